The number of benzene rings is 1. The van der Waals surface area contributed by atoms with E-state index in [1.54, 1.807) is 5.56 Å². The lowest BCUT2D eigenvalue weighted by atomic mass is 10.0. The molecule has 2 nitrogen and oxygen atoms in total. The maximum Gasteiger partial charge on any atom is 0.0398 e. The fraction of sp³-hybridized carbons (Fsp3) is 0.625. The lowest BCUT2D eigenvalue weighted by Crippen LogP contribution is -2.30. The number of nitrogens with one attached hydrogen (secondary N) is 1. The zero-order valence-electron chi connectivity index (χ0n) is 11.6. The predicted octanol–water partition coefficient (Wildman–Crippen LogP) is 3.22. The molecule has 18 heavy (non-hydrogen) atoms. The Morgan fingerprint density at radius 2 is 1.94 bits per heavy atom. The minimum atomic E-state index is 1.16. The lowest BCUT2D eigenvalue weighted by Gasteiger charge is -2.31. The number of unbranched alkanes of at least 4 members (excludes halogenated alkanes) is 3. The van der Waals surface area contributed by atoms with E-state index >= 15 is 0 Å². The fourth-order valence-electron chi connectivity index (χ4n) is 2.80. The summed E-state index contributed by atoms with van der Waals surface area (Å²) in [6, 6.07) is 8.91. The lowest BCUT2D eigenvalue weighted by molar-refractivity contribution is 0.594. The van der Waals surface area contributed by atoms with E-state index < -0.39 is 0 Å². The largest absolute Gasteiger partial charge is 0.371 e. The zero-order chi connectivity index (χ0) is 12.6. The fourth-order valence-corrected chi connectivity index (χ4v) is 2.80. The summed E-state index contributed by atoms with van der Waals surface area (Å²) in [7, 11) is 2.03. The van der Waals surface area contributed by atoms with E-state index in [-0.39, 0.29) is 0 Å². The first-order valence-electron chi connectivity index (χ1n) is 7.39. The summed E-state index contributed by atoms with van der Waals surface area (Å²) in [6.45, 7) is 3.64. The van der Waals surface area contributed by atoms with Crippen LogP contribution in [0.1, 0.15) is 37.7 Å². The molecular formula is C16H26N2. The first-order chi connectivity index (χ1) is 8.92. The molecule has 1 aliphatic rings. The number of rotatable bonds is 7. The highest BCUT2D eigenvalue weighted by Gasteiger charge is 2.14. The Bertz CT molecular complexity index is 349. The number of aryl methyl sites for hydroxylation is 1. The van der Waals surface area contributed by atoms with Crippen molar-refractivity contribution in [2.24, 2.45) is 0 Å². The highest BCUT2D eigenvalue weighted by atomic mass is 15.1. The van der Waals surface area contributed by atoms with Gasteiger partial charge in [-0.05, 0) is 50.9 Å². The van der Waals surface area contributed by atoms with E-state index in [1.807, 2.05) is 7.05 Å². The van der Waals surface area contributed by atoms with Crippen molar-refractivity contribution in [1.29, 1.82) is 0 Å². The van der Waals surface area contributed by atoms with Gasteiger partial charge in [0.05, 0.1) is 0 Å². The average Bonchev–Trinajstić information content (AvgIpc) is 2.43. The molecule has 0 saturated heterocycles. The molecule has 0 fully saturated rings. The number of fused-ring (bicyclic) bond motifs is 1. The minimum absolute atomic E-state index is 1.16. The summed E-state index contributed by atoms with van der Waals surface area (Å²) in [5.74, 6) is 0. The number of hydrogen-bond acceptors (Lipinski definition) is 2. The van der Waals surface area contributed by atoms with Gasteiger partial charge in [-0.2, -0.15) is 0 Å². The predicted molar refractivity (Wildman–Crippen MR) is 79.4 cm³/mol. The Morgan fingerprint density at radius 3 is 2.83 bits per heavy atom. The van der Waals surface area contributed by atoms with E-state index in [9.17, 15) is 0 Å². The highest BCUT2D eigenvalue weighted by Crippen LogP contribution is 2.26. The SMILES string of the molecule is CNCCCCCCN1CCCc2ccccc21. The molecular weight excluding hydrogens is 220 g/mol. The van der Waals surface area contributed by atoms with Gasteiger partial charge in [0, 0.05) is 18.8 Å². The summed E-state index contributed by atoms with van der Waals surface area (Å²) in [5, 5.41) is 3.21. The second-order valence-corrected chi connectivity index (χ2v) is 5.24. The summed E-state index contributed by atoms with van der Waals surface area (Å²) >= 11 is 0. The van der Waals surface area contributed by atoms with Crippen LogP contribution >= 0.6 is 0 Å². The van der Waals surface area contributed by atoms with E-state index in [4.69, 9.17) is 0 Å². The molecule has 1 aromatic rings. The van der Waals surface area contributed by atoms with Crippen molar-refractivity contribution in [3.8, 4) is 0 Å². The van der Waals surface area contributed by atoms with Crippen molar-refractivity contribution >= 4 is 5.69 Å². The molecule has 0 bridgehead atoms. The van der Waals surface area contributed by atoms with Crippen LogP contribution < -0.4 is 10.2 Å². The van der Waals surface area contributed by atoms with Crippen LogP contribution in [-0.4, -0.2) is 26.7 Å². The van der Waals surface area contributed by atoms with E-state index in [0.717, 1.165) is 6.54 Å². The highest BCUT2D eigenvalue weighted by molar-refractivity contribution is 5.55. The van der Waals surface area contributed by atoms with Crippen LogP contribution in [0.4, 0.5) is 5.69 Å². The molecule has 0 aromatic heterocycles. The Balaban J connectivity index is 1.74. The van der Waals surface area contributed by atoms with Crippen LogP contribution in [0.3, 0.4) is 0 Å². The third-order valence-corrected chi connectivity index (χ3v) is 3.81. The average molecular weight is 246 g/mol. The Hall–Kier alpha value is -1.02. The van der Waals surface area contributed by atoms with Gasteiger partial charge >= 0.3 is 0 Å². The maximum absolute atomic E-state index is 3.21. The van der Waals surface area contributed by atoms with Gasteiger partial charge in [0.2, 0.25) is 0 Å². The van der Waals surface area contributed by atoms with Crippen molar-refractivity contribution in [3.05, 3.63) is 29.8 Å². The van der Waals surface area contributed by atoms with Crippen LogP contribution in [0, 0.1) is 0 Å². The van der Waals surface area contributed by atoms with Crippen LogP contribution in [0.2, 0.25) is 0 Å². The summed E-state index contributed by atoms with van der Waals surface area (Å²) in [5.41, 5.74) is 3.03. The molecule has 0 unspecified atom stereocenters. The molecule has 2 rings (SSSR count). The topological polar surface area (TPSA) is 15.3 Å². The van der Waals surface area contributed by atoms with Gasteiger partial charge < -0.3 is 10.2 Å². The number of hydrogen-bond donors (Lipinski definition) is 1. The summed E-state index contributed by atoms with van der Waals surface area (Å²) in [6.07, 6.45) is 7.94. The van der Waals surface area contributed by atoms with Crippen molar-refractivity contribution in [3.63, 3.8) is 0 Å². The smallest absolute Gasteiger partial charge is 0.0398 e. The molecule has 0 radical (unpaired) electrons. The molecule has 0 atom stereocenters. The second-order valence-electron chi connectivity index (χ2n) is 5.24. The van der Waals surface area contributed by atoms with Crippen molar-refractivity contribution in [2.45, 2.75) is 38.5 Å². The van der Waals surface area contributed by atoms with Gasteiger partial charge in [-0.25, -0.2) is 0 Å². The Kier molecular flexibility index (Phi) is 5.53. The minimum Gasteiger partial charge on any atom is -0.371 e. The Morgan fingerprint density at radius 1 is 1.11 bits per heavy atom. The number of anilines is 1. The maximum atomic E-state index is 3.21. The van der Waals surface area contributed by atoms with Crippen LogP contribution in [-0.2, 0) is 6.42 Å². The van der Waals surface area contributed by atoms with Crippen LogP contribution in [0.25, 0.3) is 0 Å². The first kappa shape index (κ1) is 13.4. The molecule has 0 saturated carbocycles. The monoisotopic (exact) mass is 246 g/mol. The van der Waals surface area contributed by atoms with Crippen molar-refractivity contribution in [1.82, 2.24) is 5.32 Å². The quantitative estimate of drug-likeness (QED) is 0.743. The molecule has 1 aliphatic heterocycles. The van der Waals surface area contributed by atoms with Crippen LogP contribution in [0.5, 0.6) is 0 Å². The molecule has 2 heteroatoms. The van der Waals surface area contributed by atoms with Gasteiger partial charge in [-0.3, -0.25) is 0 Å². The van der Waals surface area contributed by atoms with E-state index in [2.05, 4.69) is 34.5 Å². The van der Waals surface area contributed by atoms with Gasteiger partial charge in [-0.1, -0.05) is 31.0 Å². The summed E-state index contributed by atoms with van der Waals surface area (Å²) in [4.78, 5) is 2.58. The molecule has 1 N–H and O–H groups in total. The number of nitrogens with zero attached hydrogens (tertiary/aromatic N) is 1. The molecule has 100 valence electrons. The molecule has 1 heterocycles. The van der Waals surface area contributed by atoms with Crippen molar-refractivity contribution < 1.29 is 0 Å². The zero-order valence-corrected chi connectivity index (χ0v) is 11.6. The van der Waals surface area contributed by atoms with Crippen LogP contribution in [0.15, 0.2) is 24.3 Å². The molecule has 1 aromatic carbocycles. The van der Waals surface area contributed by atoms with Gasteiger partial charge in [-0.15, -0.1) is 0 Å². The standard InChI is InChI=1S/C16H26N2/c1-17-12-6-2-3-7-13-18-14-8-10-15-9-4-5-11-16(15)18/h4-5,9,11,17H,2-3,6-8,10,12-14H2,1H3. The molecule has 0 aliphatic carbocycles. The second kappa shape index (κ2) is 7.42. The van der Waals surface area contributed by atoms with Gasteiger partial charge in [0.15, 0.2) is 0 Å². The third kappa shape index (κ3) is 3.74. The number of para-hydroxylation sites is 1. The normalized spacial score (nSPS) is 14.6. The molecule has 0 spiro atoms. The molecule has 0 amide bonds. The summed E-state index contributed by atoms with van der Waals surface area (Å²) < 4.78 is 0. The van der Waals surface area contributed by atoms with Gasteiger partial charge in [0.25, 0.3) is 0 Å². The van der Waals surface area contributed by atoms with E-state index in [0.29, 0.717) is 0 Å². The third-order valence-electron chi connectivity index (χ3n) is 3.81. The Labute approximate surface area is 111 Å². The van der Waals surface area contributed by atoms with Gasteiger partial charge in [0.1, 0.15) is 0 Å². The first-order valence-corrected chi connectivity index (χ1v) is 7.39. The van der Waals surface area contributed by atoms with Crippen molar-refractivity contribution in [2.75, 3.05) is 31.6 Å². The van der Waals surface area contributed by atoms with E-state index in [1.165, 1.54) is 57.3 Å².